The zero-order valence-corrected chi connectivity index (χ0v) is 10.7. The molecule has 0 saturated heterocycles. The summed E-state index contributed by atoms with van der Waals surface area (Å²) in [7, 11) is 1.79. The highest BCUT2D eigenvalue weighted by molar-refractivity contribution is 5.98. The van der Waals surface area contributed by atoms with E-state index >= 15 is 0 Å². The topological polar surface area (TPSA) is 77.5 Å². The van der Waals surface area contributed by atoms with Crippen molar-refractivity contribution in [3.63, 3.8) is 0 Å². The zero-order chi connectivity index (χ0) is 13.3. The summed E-state index contributed by atoms with van der Waals surface area (Å²) in [4.78, 5) is 11.7. The SMILES string of the molecule is CCOC(=O)c1oc2cc(N)c(NC)cc2c1C. The molecule has 0 saturated carbocycles. The number of nitrogens with two attached hydrogens (primary N) is 1. The lowest BCUT2D eigenvalue weighted by Gasteiger charge is -2.03. The molecule has 0 atom stereocenters. The Morgan fingerprint density at radius 3 is 2.83 bits per heavy atom. The minimum atomic E-state index is -0.448. The molecule has 0 fully saturated rings. The molecule has 5 nitrogen and oxygen atoms in total. The van der Waals surface area contributed by atoms with Crippen LogP contribution in [0.25, 0.3) is 11.0 Å². The molecule has 2 rings (SSSR count). The number of nitrogens with one attached hydrogen (secondary N) is 1. The standard InChI is InChI=1S/C13H16N2O3/c1-4-17-13(16)12-7(2)8-5-10(15-3)9(14)6-11(8)18-12/h5-6,15H,4,14H2,1-3H3. The smallest absolute Gasteiger partial charge is 0.374 e. The molecule has 0 spiro atoms. The minimum absolute atomic E-state index is 0.236. The van der Waals surface area contributed by atoms with Crippen LogP contribution in [0.1, 0.15) is 23.0 Å². The van der Waals surface area contributed by atoms with Crippen LogP contribution in [-0.2, 0) is 4.74 Å². The molecule has 0 aliphatic rings. The van der Waals surface area contributed by atoms with Gasteiger partial charge >= 0.3 is 5.97 Å². The number of furan rings is 1. The molecule has 0 radical (unpaired) electrons. The third-order valence-corrected chi connectivity index (χ3v) is 2.84. The lowest BCUT2D eigenvalue weighted by molar-refractivity contribution is 0.0491. The van der Waals surface area contributed by atoms with Crippen LogP contribution in [0, 0.1) is 6.92 Å². The summed E-state index contributed by atoms with van der Waals surface area (Å²) < 4.78 is 10.5. The van der Waals surface area contributed by atoms with E-state index in [0.29, 0.717) is 17.9 Å². The molecular formula is C13H16N2O3. The van der Waals surface area contributed by atoms with Gasteiger partial charge in [-0.3, -0.25) is 0 Å². The van der Waals surface area contributed by atoms with E-state index in [4.69, 9.17) is 14.9 Å². The van der Waals surface area contributed by atoms with Crippen LogP contribution in [0.3, 0.4) is 0 Å². The second-order valence-corrected chi connectivity index (χ2v) is 3.96. The maximum absolute atomic E-state index is 11.7. The highest BCUT2D eigenvalue weighted by Crippen LogP contribution is 2.32. The number of nitrogen functional groups attached to an aromatic ring is 1. The fourth-order valence-electron chi connectivity index (χ4n) is 1.89. The number of carbonyl (C=O) groups excluding carboxylic acids is 1. The molecule has 2 aromatic rings. The maximum atomic E-state index is 11.7. The number of ether oxygens (including phenoxy) is 1. The summed E-state index contributed by atoms with van der Waals surface area (Å²) >= 11 is 0. The second kappa shape index (κ2) is 4.60. The van der Waals surface area contributed by atoms with Crippen LogP contribution in [0.15, 0.2) is 16.5 Å². The Labute approximate surface area is 105 Å². The minimum Gasteiger partial charge on any atom is -0.460 e. The molecule has 18 heavy (non-hydrogen) atoms. The quantitative estimate of drug-likeness (QED) is 0.644. The van der Waals surface area contributed by atoms with E-state index in [2.05, 4.69) is 5.32 Å². The Morgan fingerprint density at radius 1 is 1.50 bits per heavy atom. The van der Waals surface area contributed by atoms with E-state index in [1.165, 1.54) is 0 Å². The highest BCUT2D eigenvalue weighted by atomic mass is 16.5. The van der Waals surface area contributed by atoms with E-state index in [-0.39, 0.29) is 5.76 Å². The third-order valence-electron chi connectivity index (χ3n) is 2.84. The molecule has 1 aromatic carbocycles. The highest BCUT2D eigenvalue weighted by Gasteiger charge is 2.19. The van der Waals surface area contributed by atoms with Gasteiger partial charge in [0.25, 0.3) is 0 Å². The number of carbonyl (C=O) groups is 1. The monoisotopic (exact) mass is 248 g/mol. The Balaban J connectivity index is 2.59. The van der Waals surface area contributed by atoms with Gasteiger partial charge in [0.1, 0.15) is 5.58 Å². The Morgan fingerprint density at radius 2 is 2.22 bits per heavy atom. The normalized spacial score (nSPS) is 10.6. The molecule has 5 heteroatoms. The predicted octanol–water partition coefficient (Wildman–Crippen LogP) is 2.54. The van der Waals surface area contributed by atoms with Crippen LogP contribution < -0.4 is 11.1 Å². The summed E-state index contributed by atoms with van der Waals surface area (Å²) in [5.41, 5.74) is 8.59. The Kier molecular flexibility index (Phi) is 3.14. The largest absolute Gasteiger partial charge is 0.460 e. The van der Waals surface area contributed by atoms with Crippen molar-refractivity contribution in [3.05, 3.63) is 23.5 Å². The zero-order valence-electron chi connectivity index (χ0n) is 10.7. The number of esters is 1. The number of anilines is 2. The van der Waals surface area contributed by atoms with Gasteiger partial charge in [0.15, 0.2) is 0 Å². The predicted molar refractivity (Wildman–Crippen MR) is 70.9 cm³/mol. The van der Waals surface area contributed by atoms with E-state index in [1.54, 1.807) is 20.0 Å². The van der Waals surface area contributed by atoms with Crippen molar-refractivity contribution >= 4 is 28.3 Å². The number of aryl methyl sites for hydroxylation is 1. The average Bonchev–Trinajstić information content (AvgIpc) is 2.65. The van der Waals surface area contributed by atoms with Crippen molar-refractivity contribution in [2.45, 2.75) is 13.8 Å². The van der Waals surface area contributed by atoms with Crippen molar-refractivity contribution in [2.75, 3.05) is 24.7 Å². The van der Waals surface area contributed by atoms with Crippen LogP contribution >= 0.6 is 0 Å². The number of benzene rings is 1. The lowest BCUT2D eigenvalue weighted by Crippen LogP contribution is -2.04. The Bertz CT molecular complexity index is 602. The molecular weight excluding hydrogens is 232 g/mol. The molecule has 3 N–H and O–H groups in total. The molecule has 0 amide bonds. The molecule has 0 aliphatic heterocycles. The third kappa shape index (κ3) is 1.88. The van der Waals surface area contributed by atoms with E-state index < -0.39 is 5.97 Å². The molecule has 0 aliphatic carbocycles. The number of rotatable bonds is 3. The average molecular weight is 248 g/mol. The molecule has 96 valence electrons. The van der Waals surface area contributed by atoms with E-state index in [0.717, 1.165) is 16.6 Å². The van der Waals surface area contributed by atoms with Gasteiger partial charge in [-0.05, 0) is 19.9 Å². The summed E-state index contributed by atoms with van der Waals surface area (Å²) in [6, 6.07) is 3.57. The van der Waals surface area contributed by atoms with Crippen molar-refractivity contribution in [1.29, 1.82) is 0 Å². The summed E-state index contributed by atoms with van der Waals surface area (Å²) in [5.74, 6) is -0.213. The lowest BCUT2D eigenvalue weighted by atomic mass is 10.1. The first-order valence-electron chi connectivity index (χ1n) is 5.76. The van der Waals surface area contributed by atoms with Gasteiger partial charge in [-0.2, -0.15) is 0 Å². The van der Waals surface area contributed by atoms with Gasteiger partial charge < -0.3 is 20.2 Å². The first kappa shape index (κ1) is 12.3. The van der Waals surface area contributed by atoms with Crippen molar-refractivity contribution in [3.8, 4) is 0 Å². The summed E-state index contributed by atoms with van der Waals surface area (Å²) in [5, 5.41) is 3.85. The number of hydrogen-bond acceptors (Lipinski definition) is 5. The van der Waals surface area contributed by atoms with Crippen molar-refractivity contribution in [2.24, 2.45) is 0 Å². The van der Waals surface area contributed by atoms with E-state index in [1.807, 2.05) is 13.0 Å². The Hall–Kier alpha value is -2.17. The molecule has 1 heterocycles. The first-order valence-corrected chi connectivity index (χ1v) is 5.76. The number of fused-ring (bicyclic) bond motifs is 1. The van der Waals surface area contributed by atoms with Crippen LogP contribution in [0.4, 0.5) is 11.4 Å². The van der Waals surface area contributed by atoms with Crippen LogP contribution in [0.5, 0.6) is 0 Å². The van der Waals surface area contributed by atoms with Gasteiger partial charge in [-0.25, -0.2) is 4.79 Å². The molecule has 0 bridgehead atoms. The van der Waals surface area contributed by atoms with E-state index in [9.17, 15) is 4.79 Å². The van der Waals surface area contributed by atoms with Crippen molar-refractivity contribution in [1.82, 2.24) is 0 Å². The summed E-state index contributed by atoms with van der Waals surface area (Å²) in [6.07, 6.45) is 0. The summed E-state index contributed by atoms with van der Waals surface area (Å²) in [6.45, 7) is 3.90. The van der Waals surface area contributed by atoms with Gasteiger partial charge in [0, 0.05) is 24.1 Å². The van der Waals surface area contributed by atoms with Crippen LogP contribution in [-0.4, -0.2) is 19.6 Å². The van der Waals surface area contributed by atoms with Crippen molar-refractivity contribution < 1.29 is 13.9 Å². The second-order valence-electron chi connectivity index (χ2n) is 3.96. The van der Waals surface area contributed by atoms with Gasteiger partial charge in [-0.15, -0.1) is 0 Å². The number of hydrogen-bond donors (Lipinski definition) is 2. The van der Waals surface area contributed by atoms with Gasteiger partial charge in [-0.1, -0.05) is 0 Å². The van der Waals surface area contributed by atoms with Crippen LogP contribution in [0.2, 0.25) is 0 Å². The molecule has 1 aromatic heterocycles. The van der Waals surface area contributed by atoms with Gasteiger partial charge in [0.2, 0.25) is 5.76 Å². The fourth-order valence-corrected chi connectivity index (χ4v) is 1.89. The van der Waals surface area contributed by atoms with Gasteiger partial charge in [0.05, 0.1) is 18.0 Å². The first-order chi connectivity index (χ1) is 8.58. The molecule has 0 unspecified atom stereocenters. The fraction of sp³-hybridized carbons (Fsp3) is 0.308. The maximum Gasteiger partial charge on any atom is 0.374 e.